The number of unbranched alkanes of at least 4 members (excludes halogenated alkanes) is 1. The van der Waals surface area contributed by atoms with Crippen molar-refractivity contribution >= 4 is 20.5 Å². The minimum absolute atomic E-state index is 0.364. The molecule has 8 heteroatoms. The van der Waals surface area contributed by atoms with Crippen molar-refractivity contribution in [3.8, 4) is 0 Å². The predicted octanol–water partition coefficient (Wildman–Crippen LogP) is 4.91. The lowest BCUT2D eigenvalue weighted by Crippen LogP contribution is -2.49. The van der Waals surface area contributed by atoms with Gasteiger partial charge in [0, 0.05) is 30.2 Å². The lowest BCUT2D eigenvalue weighted by molar-refractivity contribution is -0.142. The average molecular weight is 530 g/mol. The van der Waals surface area contributed by atoms with Crippen molar-refractivity contribution in [2.24, 2.45) is 0 Å². The summed E-state index contributed by atoms with van der Waals surface area (Å²) in [5.41, 5.74) is 3.30. The Hall–Kier alpha value is -2.24. The third-order valence-electron chi connectivity index (χ3n) is 7.82. The number of carbonyl (C=O) groups excluding carboxylic acids is 1. The lowest BCUT2D eigenvalue weighted by Gasteiger charge is -2.28. The third kappa shape index (κ3) is 7.64. The topological polar surface area (TPSA) is 81.7 Å². The molecule has 202 valence electrons. The molecule has 1 aromatic rings. The van der Waals surface area contributed by atoms with Gasteiger partial charge in [0.05, 0.1) is 5.41 Å². The summed E-state index contributed by atoms with van der Waals surface area (Å²) >= 11 is 0. The number of allylic oxidation sites excluding steroid dienone is 3. The molecule has 1 aliphatic carbocycles. The van der Waals surface area contributed by atoms with Gasteiger partial charge < -0.3 is 20.6 Å². The molecule has 2 heterocycles. The van der Waals surface area contributed by atoms with Crippen molar-refractivity contribution in [3.05, 3.63) is 58.8 Å². The molecule has 3 N–H and O–H groups in total. The fourth-order valence-electron chi connectivity index (χ4n) is 5.16. The average Bonchev–Trinajstić information content (AvgIpc) is 3.73. The lowest BCUT2D eigenvalue weighted by atomic mass is 9.83. The Kier molecular flexibility index (Phi) is 9.41. The summed E-state index contributed by atoms with van der Waals surface area (Å²) in [6, 6.07) is 5.37. The van der Waals surface area contributed by atoms with Gasteiger partial charge in [0.25, 0.3) is 0 Å². The number of nitrogens with zero attached hydrogens (tertiary/aromatic N) is 1. The summed E-state index contributed by atoms with van der Waals surface area (Å²) < 4.78 is 13.3. The molecule has 1 amide bonds. The van der Waals surface area contributed by atoms with Gasteiger partial charge in [-0.1, -0.05) is 39.3 Å². The number of carboxylic acid groups (broad SMARTS) is 1. The molecule has 1 fully saturated rings. The second-order valence-electron chi connectivity index (χ2n) is 11.1. The molecular weight excluding hydrogens is 488 g/mol. The molecule has 0 spiro atoms. The Morgan fingerprint density at radius 1 is 1.22 bits per heavy atom. The summed E-state index contributed by atoms with van der Waals surface area (Å²) in [4.78, 5) is 27.4. The number of rotatable bonds is 13. The quantitative estimate of drug-likeness (QED) is 0.250. The Bertz CT molecular complexity index is 1020. The van der Waals surface area contributed by atoms with Crippen molar-refractivity contribution in [1.82, 2.24) is 15.5 Å². The first kappa shape index (κ1) is 27.8. The van der Waals surface area contributed by atoms with Gasteiger partial charge in [0.1, 0.15) is 11.9 Å². The maximum absolute atomic E-state index is 13.3. The van der Waals surface area contributed by atoms with E-state index < -0.39 is 17.4 Å². The maximum Gasteiger partial charge on any atom is 0.326 e. The van der Waals surface area contributed by atoms with E-state index in [4.69, 9.17) is 0 Å². The number of hydrogen-bond acceptors (Lipinski definition) is 4. The highest BCUT2D eigenvalue weighted by atomic mass is 31.1. The van der Waals surface area contributed by atoms with Crippen LogP contribution in [0.1, 0.15) is 70.8 Å². The summed E-state index contributed by atoms with van der Waals surface area (Å²) in [5.74, 6) is -1.75. The van der Waals surface area contributed by atoms with Crippen LogP contribution in [-0.4, -0.2) is 59.3 Å². The zero-order chi connectivity index (χ0) is 26.4. The van der Waals surface area contributed by atoms with E-state index in [1.807, 2.05) is 0 Å². The van der Waals surface area contributed by atoms with Crippen LogP contribution in [-0.2, 0) is 15.0 Å². The van der Waals surface area contributed by atoms with E-state index in [-0.39, 0.29) is 11.7 Å². The second-order valence-corrected chi connectivity index (χ2v) is 12.6. The largest absolute Gasteiger partial charge is 0.480 e. The SMILES string of the molecule is CC(C)(C(=O)NC(CCN(CCCCC1C=CC2=C(NCCC2)P1)C1CC1)C(=O)O)c1ccc(F)cc1. The van der Waals surface area contributed by atoms with Gasteiger partial charge in [0.15, 0.2) is 0 Å². The van der Waals surface area contributed by atoms with E-state index in [0.29, 0.717) is 30.2 Å². The first-order valence-electron chi connectivity index (χ1n) is 13.7. The van der Waals surface area contributed by atoms with Gasteiger partial charge in [-0.05, 0) is 88.6 Å². The Morgan fingerprint density at radius 3 is 2.68 bits per heavy atom. The van der Waals surface area contributed by atoms with Crippen LogP contribution < -0.4 is 10.6 Å². The zero-order valence-corrected chi connectivity index (χ0v) is 23.1. The first-order valence-corrected chi connectivity index (χ1v) is 14.8. The fraction of sp³-hybridized carbons (Fsp3) is 0.586. The maximum atomic E-state index is 13.3. The Labute approximate surface area is 221 Å². The molecule has 1 aromatic carbocycles. The highest BCUT2D eigenvalue weighted by Crippen LogP contribution is 2.40. The van der Waals surface area contributed by atoms with Crippen LogP contribution in [0.4, 0.5) is 4.39 Å². The number of halogens is 1. The Balaban J connectivity index is 1.23. The van der Waals surface area contributed by atoms with Gasteiger partial charge in [-0.3, -0.25) is 4.79 Å². The number of amides is 1. The molecule has 3 unspecified atom stereocenters. The van der Waals surface area contributed by atoms with E-state index in [1.54, 1.807) is 26.0 Å². The molecule has 0 radical (unpaired) electrons. The molecule has 3 atom stereocenters. The van der Waals surface area contributed by atoms with Crippen LogP contribution in [0.5, 0.6) is 0 Å². The number of nitrogens with one attached hydrogen (secondary N) is 2. The van der Waals surface area contributed by atoms with Crippen molar-refractivity contribution in [3.63, 3.8) is 0 Å². The first-order chi connectivity index (χ1) is 17.7. The zero-order valence-electron chi connectivity index (χ0n) is 22.1. The highest BCUT2D eigenvalue weighted by molar-refractivity contribution is 7.44. The molecule has 1 saturated carbocycles. The number of carboxylic acids is 1. The van der Waals surface area contributed by atoms with Crippen LogP contribution in [0.3, 0.4) is 0 Å². The van der Waals surface area contributed by atoms with Crippen molar-refractivity contribution in [2.45, 2.75) is 88.4 Å². The van der Waals surface area contributed by atoms with Crippen LogP contribution in [0.2, 0.25) is 0 Å². The molecule has 37 heavy (non-hydrogen) atoms. The normalized spacial score (nSPS) is 21.0. The van der Waals surface area contributed by atoms with Crippen molar-refractivity contribution < 1.29 is 19.1 Å². The minimum Gasteiger partial charge on any atom is -0.480 e. The van der Waals surface area contributed by atoms with Crippen LogP contribution in [0.25, 0.3) is 0 Å². The second kappa shape index (κ2) is 12.5. The van der Waals surface area contributed by atoms with Crippen LogP contribution >= 0.6 is 8.58 Å². The Morgan fingerprint density at radius 2 is 1.97 bits per heavy atom. The smallest absolute Gasteiger partial charge is 0.326 e. The van der Waals surface area contributed by atoms with E-state index in [1.165, 1.54) is 48.8 Å². The summed E-state index contributed by atoms with van der Waals surface area (Å²) in [6.45, 7) is 6.19. The standard InChI is InChI=1S/C29H41FN3O3P/c1-29(2,21-9-11-22(30)12-10-21)28(36)32-25(27(34)35)16-19-33(23-13-14-23)18-4-3-7-24-15-8-20-6-5-17-31-26(20)37-24/h8-12,15,23-25,31,37H,3-7,13-14,16-19H2,1-2H3,(H,32,36)(H,34,35). The van der Waals surface area contributed by atoms with E-state index in [9.17, 15) is 19.1 Å². The number of aliphatic carboxylic acids is 1. The highest BCUT2D eigenvalue weighted by Gasteiger charge is 2.34. The number of hydrogen-bond donors (Lipinski definition) is 3. The molecule has 0 saturated heterocycles. The molecule has 3 aliphatic rings. The van der Waals surface area contributed by atoms with Gasteiger partial charge in [-0.2, -0.15) is 0 Å². The van der Waals surface area contributed by atoms with E-state index >= 15 is 0 Å². The van der Waals surface area contributed by atoms with Gasteiger partial charge in [0.2, 0.25) is 5.91 Å². The number of carbonyl (C=O) groups is 2. The van der Waals surface area contributed by atoms with E-state index in [0.717, 1.165) is 40.9 Å². The third-order valence-corrected chi connectivity index (χ3v) is 9.46. The molecule has 0 bridgehead atoms. The predicted molar refractivity (Wildman–Crippen MR) is 148 cm³/mol. The molecule has 6 nitrogen and oxygen atoms in total. The molecular formula is C29H41FN3O3P. The monoisotopic (exact) mass is 529 g/mol. The number of benzene rings is 1. The fourth-order valence-corrected chi connectivity index (χ4v) is 6.69. The van der Waals surface area contributed by atoms with Crippen molar-refractivity contribution in [1.29, 1.82) is 0 Å². The van der Waals surface area contributed by atoms with E-state index in [2.05, 4.69) is 27.7 Å². The van der Waals surface area contributed by atoms with Gasteiger partial charge >= 0.3 is 5.97 Å². The minimum atomic E-state index is -1.02. The summed E-state index contributed by atoms with van der Waals surface area (Å²) in [5, 5.41) is 16.1. The molecule has 0 aromatic heterocycles. The molecule has 4 rings (SSSR count). The van der Waals surface area contributed by atoms with Gasteiger partial charge in [-0.15, -0.1) is 0 Å². The molecule has 2 aliphatic heterocycles. The van der Waals surface area contributed by atoms with Crippen LogP contribution in [0, 0.1) is 5.82 Å². The van der Waals surface area contributed by atoms with Gasteiger partial charge in [-0.25, -0.2) is 9.18 Å². The summed E-state index contributed by atoms with van der Waals surface area (Å²) in [7, 11) is 0.855. The summed E-state index contributed by atoms with van der Waals surface area (Å²) in [6.07, 6.45) is 13.3. The van der Waals surface area contributed by atoms with Crippen LogP contribution in [0.15, 0.2) is 47.4 Å². The van der Waals surface area contributed by atoms with Crippen molar-refractivity contribution in [2.75, 3.05) is 19.6 Å².